The standard InChI is InChI=1S/C31H65N/c1-5-9-10-11-12-13-14-15-16-17-18-19-20-21-22-23-24-25-26-27-28-31(8-4)32(29-6-2)30-7-3/h31H,5-30H2,1-4H3. The number of hydrogen-bond acceptors (Lipinski definition) is 1. The summed E-state index contributed by atoms with van der Waals surface area (Å²) in [5.74, 6) is 0. The highest BCUT2D eigenvalue weighted by molar-refractivity contribution is 4.70. The van der Waals surface area contributed by atoms with Crippen LogP contribution in [0.4, 0.5) is 0 Å². The monoisotopic (exact) mass is 452 g/mol. The molecule has 0 radical (unpaired) electrons. The molecule has 0 amide bonds. The Morgan fingerprint density at radius 3 is 0.969 bits per heavy atom. The van der Waals surface area contributed by atoms with E-state index >= 15 is 0 Å². The van der Waals surface area contributed by atoms with Crippen LogP contribution in [-0.4, -0.2) is 24.0 Å². The second-order valence-electron chi connectivity index (χ2n) is 10.6. The molecule has 0 spiro atoms. The average Bonchev–Trinajstić information content (AvgIpc) is 2.80. The largest absolute Gasteiger partial charge is 0.300 e. The fourth-order valence-electron chi connectivity index (χ4n) is 5.33. The van der Waals surface area contributed by atoms with Crippen LogP contribution in [0.5, 0.6) is 0 Å². The van der Waals surface area contributed by atoms with E-state index in [-0.39, 0.29) is 0 Å². The first-order valence-electron chi connectivity index (χ1n) is 15.5. The van der Waals surface area contributed by atoms with Crippen LogP contribution in [0.1, 0.15) is 182 Å². The first-order chi connectivity index (χ1) is 15.8. The van der Waals surface area contributed by atoms with Crippen LogP contribution in [0, 0.1) is 0 Å². The van der Waals surface area contributed by atoms with Gasteiger partial charge in [0.2, 0.25) is 0 Å². The molecule has 0 saturated heterocycles. The molecule has 32 heavy (non-hydrogen) atoms. The van der Waals surface area contributed by atoms with Gasteiger partial charge in [-0.2, -0.15) is 0 Å². The predicted octanol–water partition coefficient (Wildman–Crippen LogP) is 11.1. The van der Waals surface area contributed by atoms with Gasteiger partial charge in [-0.15, -0.1) is 0 Å². The van der Waals surface area contributed by atoms with Crippen molar-refractivity contribution in [1.29, 1.82) is 0 Å². The molecule has 0 aliphatic rings. The lowest BCUT2D eigenvalue weighted by molar-refractivity contribution is 0.178. The fraction of sp³-hybridized carbons (Fsp3) is 1.00. The molecular weight excluding hydrogens is 386 g/mol. The third kappa shape index (κ3) is 21.8. The Bertz CT molecular complexity index is 320. The van der Waals surface area contributed by atoms with Gasteiger partial charge >= 0.3 is 0 Å². The van der Waals surface area contributed by atoms with Crippen LogP contribution in [0.3, 0.4) is 0 Å². The second-order valence-corrected chi connectivity index (χ2v) is 10.6. The Kier molecular flexibility index (Phi) is 27.2. The fourth-order valence-corrected chi connectivity index (χ4v) is 5.33. The van der Waals surface area contributed by atoms with Crippen LogP contribution in [0.25, 0.3) is 0 Å². The van der Waals surface area contributed by atoms with E-state index in [4.69, 9.17) is 0 Å². The Balaban J connectivity index is 3.30. The number of nitrogens with zero attached hydrogens (tertiary/aromatic N) is 1. The lowest BCUT2D eigenvalue weighted by Crippen LogP contribution is -2.36. The molecule has 0 saturated carbocycles. The maximum atomic E-state index is 2.76. The average molecular weight is 452 g/mol. The summed E-state index contributed by atoms with van der Waals surface area (Å²) in [6.07, 6.45) is 34.8. The molecule has 0 heterocycles. The van der Waals surface area contributed by atoms with Crippen molar-refractivity contribution < 1.29 is 0 Å². The van der Waals surface area contributed by atoms with Crippen molar-refractivity contribution in [3.63, 3.8) is 0 Å². The maximum Gasteiger partial charge on any atom is 0.00926 e. The van der Waals surface area contributed by atoms with E-state index in [2.05, 4.69) is 32.6 Å². The quantitative estimate of drug-likeness (QED) is 0.112. The Morgan fingerprint density at radius 2 is 0.688 bits per heavy atom. The minimum absolute atomic E-state index is 0.838. The molecule has 1 heteroatoms. The molecule has 194 valence electrons. The Labute approximate surface area is 205 Å². The van der Waals surface area contributed by atoms with Crippen molar-refractivity contribution >= 4 is 0 Å². The summed E-state index contributed by atoms with van der Waals surface area (Å²) < 4.78 is 0. The zero-order valence-corrected chi connectivity index (χ0v) is 23.4. The van der Waals surface area contributed by atoms with Gasteiger partial charge in [0.25, 0.3) is 0 Å². The first kappa shape index (κ1) is 32.0. The second kappa shape index (κ2) is 27.2. The third-order valence-electron chi connectivity index (χ3n) is 7.40. The van der Waals surface area contributed by atoms with E-state index in [1.54, 1.807) is 0 Å². The van der Waals surface area contributed by atoms with Crippen LogP contribution in [-0.2, 0) is 0 Å². The first-order valence-corrected chi connectivity index (χ1v) is 15.5. The van der Waals surface area contributed by atoms with Crippen molar-refractivity contribution in [2.45, 2.75) is 188 Å². The van der Waals surface area contributed by atoms with Gasteiger partial charge in [0.05, 0.1) is 0 Å². The van der Waals surface area contributed by atoms with Gasteiger partial charge in [-0.3, -0.25) is 0 Å². The van der Waals surface area contributed by atoms with Gasteiger partial charge in [-0.05, 0) is 38.8 Å². The number of hydrogen-bond donors (Lipinski definition) is 0. The summed E-state index contributed by atoms with van der Waals surface area (Å²) >= 11 is 0. The van der Waals surface area contributed by atoms with Gasteiger partial charge in [0.1, 0.15) is 0 Å². The Hall–Kier alpha value is -0.0400. The minimum Gasteiger partial charge on any atom is -0.300 e. The predicted molar refractivity (Wildman–Crippen MR) is 149 cm³/mol. The van der Waals surface area contributed by atoms with E-state index in [9.17, 15) is 0 Å². The van der Waals surface area contributed by atoms with Crippen molar-refractivity contribution in [3.8, 4) is 0 Å². The van der Waals surface area contributed by atoms with Gasteiger partial charge in [-0.1, -0.05) is 156 Å². The van der Waals surface area contributed by atoms with Crippen molar-refractivity contribution in [1.82, 2.24) is 4.90 Å². The third-order valence-corrected chi connectivity index (χ3v) is 7.40. The van der Waals surface area contributed by atoms with Gasteiger partial charge < -0.3 is 4.90 Å². The van der Waals surface area contributed by atoms with Crippen LogP contribution in [0.15, 0.2) is 0 Å². The molecule has 0 aromatic heterocycles. The molecule has 0 rings (SSSR count). The summed E-state index contributed by atoms with van der Waals surface area (Å²) in [4.78, 5) is 2.76. The van der Waals surface area contributed by atoms with Crippen LogP contribution >= 0.6 is 0 Å². The van der Waals surface area contributed by atoms with Crippen LogP contribution in [0.2, 0.25) is 0 Å². The minimum atomic E-state index is 0.838. The van der Waals surface area contributed by atoms with Gasteiger partial charge in [-0.25, -0.2) is 0 Å². The maximum absolute atomic E-state index is 2.76. The van der Waals surface area contributed by atoms with E-state index in [1.165, 1.54) is 167 Å². The van der Waals surface area contributed by atoms with Crippen molar-refractivity contribution in [3.05, 3.63) is 0 Å². The molecule has 0 aromatic carbocycles. The summed E-state index contributed by atoms with van der Waals surface area (Å²) in [5.41, 5.74) is 0. The molecule has 1 atom stereocenters. The van der Waals surface area contributed by atoms with Crippen molar-refractivity contribution in [2.75, 3.05) is 13.1 Å². The molecular formula is C31H65N. The van der Waals surface area contributed by atoms with E-state index < -0.39 is 0 Å². The highest BCUT2D eigenvalue weighted by Gasteiger charge is 2.14. The molecule has 0 fully saturated rings. The molecule has 0 aliphatic heterocycles. The molecule has 0 bridgehead atoms. The summed E-state index contributed by atoms with van der Waals surface area (Å²) in [7, 11) is 0. The summed E-state index contributed by atoms with van der Waals surface area (Å²) in [5, 5.41) is 0. The van der Waals surface area contributed by atoms with Crippen LogP contribution < -0.4 is 0 Å². The van der Waals surface area contributed by atoms with Gasteiger partial charge in [0, 0.05) is 6.04 Å². The van der Waals surface area contributed by atoms with E-state index in [0.29, 0.717) is 0 Å². The van der Waals surface area contributed by atoms with E-state index in [1.807, 2.05) is 0 Å². The number of rotatable bonds is 27. The molecule has 0 aromatic rings. The normalized spacial score (nSPS) is 12.7. The van der Waals surface area contributed by atoms with E-state index in [0.717, 1.165) is 6.04 Å². The number of unbranched alkanes of at least 4 members (excludes halogenated alkanes) is 19. The molecule has 0 aliphatic carbocycles. The zero-order valence-electron chi connectivity index (χ0n) is 23.4. The zero-order chi connectivity index (χ0) is 23.5. The summed E-state index contributed by atoms with van der Waals surface area (Å²) in [6, 6.07) is 0.838. The highest BCUT2D eigenvalue weighted by Crippen LogP contribution is 2.17. The SMILES string of the molecule is CCCCCCCCCCCCCCCCCCCCCCC(CC)N(CCC)CCC. The molecule has 1 nitrogen and oxygen atoms in total. The Morgan fingerprint density at radius 1 is 0.375 bits per heavy atom. The summed E-state index contributed by atoms with van der Waals surface area (Å²) in [6.45, 7) is 11.9. The highest BCUT2D eigenvalue weighted by atomic mass is 15.1. The smallest absolute Gasteiger partial charge is 0.00926 e. The van der Waals surface area contributed by atoms with Gasteiger partial charge in [0.15, 0.2) is 0 Å². The lowest BCUT2D eigenvalue weighted by Gasteiger charge is -2.30. The topological polar surface area (TPSA) is 3.24 Å². The molecule has 0 N–H and O–H groups in total. The lowest BCUT2D eigenvalue weighted by atomic mass is 10.0. The van der Waals surface area contributed by atoms with Crippen molar-refractivity contribution in [2.24, 2.45) is 0 Å². The molecule has 1 unspecified atom stereocenters.